The molecule has 2 N–H and O–H groups in total. The average Bonchev–Trinajstić information content (AvgIpc) is 2.18. The summed E-state index contributed by atoms with van der Waals surface area (Å²) in [5.41, 5.74) is 5.55. The van der Waals surface area contributed by atoms with Gasteiger partial charge in [-0.25, -0.2) is 0 Å². The smallest absolute Gasteiger partial charge is 0.0186 e. The monoisotopic (exact) mass is 216 g/mol. The molecule has 1 saturated heterocycles. The molecular formula is C11H24N2S. The van der Waals surface area contributed by atoms with E-state index >= 15 is 0 Å². The summed E-state index contributed by atoms with van der Waals surface area (Å²) in [5, 5.41) is 0.782. The largest absolute Gasteiger partial charge is 0.330 e. The van der Waals surface area contributed by atoms with Gasteiger partial charge in [0.25, 0.3) is 0 Å². The van der Waals surface area contributed by atoms with Crippen LogP contribution in [-0.2, 0) is 0 Å². The van der Waals surface area contributed by atoms with E-state index in [9.17, 15) is 0 Å². The first-order valence-corrected chi connectivity index (χ1v) is 6.79. The van der Waals surface area contributed by atoms with Crippen molar-refractivity contribution in [2.45, 2.75) is 50.9 Å². The number of rotatable bonds is 4. The van der Waals surface area contributed by atoms with E-state index in [-0.39, 0.29) is 0 Å². The van der Waals surface area contributed by atoms with Crippen LogP contribution in [0.3, 0.4) is 0 Å². The Morgan fingerprint density at radius 2 is 2.21 bits per heavy atom. The maximum absolute atomic E-state index is 5.55. The molecule has 3 unspecified atom stereocenters. The van der Waals surface area contributed by atoms with Crippen molar-refractivity contribution < 1.29 is 0 Å². The molecule has 1 heterocycles. The van der Waals surface area contributed by atoms with Gasteiger partial charge in [-0.05, 0) is 33.2 Å². The second-order valence-electron chi connectivity index (χ2n) is 4.33. The minimum absolute atomic E-state index is 0.705. The molecular weight excluding hydrogens is 192 g/mol. The van der Waals surface area contributed by atoms with E-state index in [4.69, 9.17) is 5.73 Å². The molecule has 0 aliphatic carbocycles. The van der Waals surface area contributed by atoms with Gasteiger partial charge in [0.15, 0.2) is 0 Å². The van der Waals surface area contributed by atoms with Crippen LogP contribution in [0.2, 0.25) is 0 Å². The van der Waals surface area contributed by atoms with E-state index in [0.29, 0.717) is 6.04 Å². The molecule has 84 valence electrons. The molecule has 0 saturated carbocycles. The molecule has 0 aromatic heterocycles. The number of thioether (sulfide) groups is 1. The first-order chi connectivity index (χ1) is 6.66. The predicted molar refractivity (Wildman–Crippen MR) is 65.8 cm³/mol. The standard InChI is InChI=1S/C11H24N2S/c1-9(5-4-6-12)13-7-8-14-11(3)10(13)2/h9-11H,4-8,12H2,1-3H3. The lowest BCUT2D eigenvalue weighted by Gasteiger charge is -2.41. The van der Waals surface area contributed by atoms with E-state index in [0.717, 1.165) is 24.3 Å². The zero-order valence-corrected chi connectivity index (χ0v) is 10.5. The van der Waals surface area contributed by atoms with E-state index in [2.05, 4.69) is 37.4 Å². The molecule has 1 rings (SSSR count). The van der Waals surface area contributed by atoms with E-state index in [1.54, 1.807) is 0 Å². The molecule has 14 heavy (non-hydrogen) atoms. The summed E-state index contributed by atoms with van der Waals surface area (Å²) in [6, 6.07) is 1.43. The van der Waals surface area contributed by atoms with E-state index < -0.39 is 0 Å². The van der Waals surface area contributed by atoms with Gasteiger partial charge >= 0.3 is 0 Å². The van der Waals surface area contributed by atoms with Crippen LogP contribution in [0.4, 0.5) is 0 Å². The van der Waals surface area contributed by atoms with Gasteiger partial charge in [0, 0.05) is 29.6 Å². The highest BCUT2D eigenvalue weighted by molar-refractivity contribution is 8.00. The fourth-order valence-electron chi connectivity index (χ4n) is 2.16. The second kappa shape index (κ2) is 5.99. The first kappa shape index (κ1) is 12.3. The average molecular weight is 216 g/mol. The van der Waals surface area contributed by atoms with Crippen LogP contribution in [0.5, 0.6) is 0 Å². The fraction of sp³-hybridized carbons (Fsp3) is 1.00. The van der Waals surface area contributed by atoms with E-state index in [1.807, 2.05) is 0 Å². The Kier molecular flexibility index (Phi) is 5.28. The van der Waals surface area contributed by atoms with Gasteiger partial charge in [-0.3, -0.25) is 4.90 Å². The van der Waals surface area contributed by atoms with Gasteiger partial charge in [0.05, 0.1) is 0 Å². The Morgan fingerprint density at radius 3 is 2.86 bits per heavy atom. The SMILES string of the molecule is CC1SCCN(C(C)CCCN)C1C. The van der Waals surface area contributed by atoms with Gasteiger partial charge in [0.2, 0.25) is 0 Å². The van der Waals surface area contributed by atoms with Crippen LogP contribution >= 0.6 is 11.8 Å². The predicted octanol–water partition coefficient (Wildman–Crippen LogP) is 1.94. The highest BCUT2D eigenvalue weighted by atomic mass is 32.2. The van der Waals surface area contributed by atoms with Crippen molar-refractivity contribution in [3.05, 3.63) is 0 Å². The third-order valence-electron chi connectivity index (χ3n) is 3.32. The molecule has 0 aromatic carbocycles. The molecule has 0 amide bonds. The number of nitrogens with zero attached hydrogens (tertiary/aromatic N) is 1. The van der Waals surface area contributed by atoms with Crippen molar-refractivity contribution in [3.8, 4) is 0 Å². The van der Waals surface area contributed by atoms with Crippen LogP contribution < -0.4 is 5.73 Å². The number of hydrogen-bond donors (Lipinski definition) is 1. The Bertz CT molecular complexity index is 163. The molecule has 0 radical (unpaired) electrons. The summed E-state index contributed by atoms with van der Waals surface area (Å²) in [7, 11) is 0. The molecule has 1 aliphatic heterocycles. The molecule has 3 heteroatoms. The Balaban J connectivity index is 2.40. The second-order valence-corrected chi connectivity index (χ2v) is 5.82. The van der Waals surface area contributed by atoms with Gasteiger partial charge in [-0.15, -0.1) is 0 Å². The van der Waals surface area contributed by atoms with Gasteiger partial charge in [0.1, 0.15) is 0 Å². The number of hydrogen-bond acceptors (Lipinski definition) is 3. The van der Waals surface area contributed by atoms with Gasteiger partial charge < -0.3 is 5.73 Å². The molecule has 2 nitrogen and oxygen atoms in total. The molecule has 1 fully saturated rings. The van der Waals surface area contributed by atoms with E-state index in [1.165, 1.54) is 18.7 Å². The zero-order valence-electron chi connectivity index (χ0n) is 9.70. The Morgan fingerprint density at radius 1 is 1.50 bits per heavy atom. The van der Waals surface area contributed by atoms with Crippen molar-refractivity contribution in [2.24, 2.45) is 5.73 Å². The minimum Gasteiger partial charge on any atom is -0.330 e. The summed E-state index contributed by atoms with van der Waals surface area (Å²) in [6.07, 6.45) is 2.41. The zero-order chi connectivity index (χ0) is 10.6. The summed E-state index contributed by atoms with van der Waals surface area (Å²) >= 11 is 2.10. The summed E-state index contributed by atoms with van der Waals surface area (Å²) in [4.78, 5) is 2.65. The normalized spacial score (nSPS) is 31.7. The van der Waals surface area contributed by atoms with Crippen molar-refractivity contribution >= 4 is 11.8 Å². The lowest BCUT2D eigenvalue weighted by Crippen LogP contribution is -2.49. The number of nitrogens with two attached hydrogens (primary N) is 1. The van der Waals surface area contributed by atoms with Crippen LogP contribution in [0.25, 0.3) is 0 Å². The highest BCUT2D eigenvalue weighted by Crippen LogP contribution is 2.26. The molecule has 3 atom stereocenters. The topological polar surface area (TPSA) is 29.3 Å². The van der Waals surface area contributed by atoms with Crippen molar-refractivity contribution in [1.82, 2.24) is 4.90 Å². The lowest BCUT2D eigenvalue weighted by atomic mass is 10.1. The first-order valence-electron chi connectivity index (χ1n) is 5.74. The third-order valence-corrected chi connectivity index (χ3v) is 4.66. The molecule has 1 aliphatic rings. The summed E-state index contributed by atoms with van der Waals surface area (Å²) in [6.45, 7) is 9.13. The minimum atomic E-state index is 0.705. The van der Waals surface area contributed by atoms with Gasteiger partial charge in [-0.1, -0.05) is 6.92 Å². The Labute approximate surface area is 92.6 Å². The summed E-state index contributed by atoms with van der Waals surface area (Å²) < 4.78 is 0. The summed E-state index contributed by atoms with van der Waals surface area (Å²) in [5.74, 6) is 1.29. The van der Waals surface area contributed by atoms with Crippen molar-refractivity contribution in [1.29, 1.82) is 0 Å². The molecule has 0 aromatic rings. The maximum atomic E-state index is 5.55. The quantitative estimate of drug-likeness (QED) is 0.779. The Hall–Kier alpha value is 0.270. The molecule has 0 spiro atoms. The van der Waals surface area contributed by atoms with Crippen LogP contribution in [0.15, 0.2) is 0 Å². The highest BCUT2D eigenvalue weighted by Gasteiger charge is 2.27. The maximum Gasteiger partial charge on any atom is 0.0186 e. The van der Waals surface area contributed by atoms with Crippen LogP contribution in [-0.4, -0.2) is 41.1 Å². The third kappa shape index (κ3) is 3.14. The van der Waals surface area contributed by atoms with Crippen molar-refractivity contribution in [2.75, 3.05) is 18.8 Å². The van der Waals surface area contributed by atoms with Gasteiger partial charge in [-0.2, -0.15) is 11.8 Å². The van der Waals surface area contributed by atoms with Crippen LogP contribution in [0, 0.1) is 0 Å². The van der Waals surface area contributed by atoms with Crippen LogP contribution in [0.1, 0.15) is 33.6 Å². The van der Waals surface area contributed by atoms with Crippen molar-refractivity contribution in [3.63, 3.8) is 0 Å². The molecule has 0 bridgehead atoms. The lowest BCUT2D eigenvalue weighted by molar-refractivity contribution is 0.149. The fourth-order valence-corrected chi connectivity index (χ4v) is 3.28.